The van der Waals surface area contributed by atoms with E-state index in [2.05, 4.69) is 0 Å². The van der Waals surface area contributed by atoms with Gasteiger partial charge in [-0.15, -0.1) is 0 Å². The predicted molar refractivity (Wildman–Crippen MR) is 45.4 cm³/mol. The highest BCUT2D eigenvalue weighted by molar-refractivity contribution is 5.37. The van der Waals surface area contributed by atoms with Crippen LogP contribution in [-0.4, -0.2) is 5.11 Å². The zero-order valence-corrected chi connectivity index (χ0v) is 7.13. The molecule has 0 aromatic heterocycles. The van der Waals surface area contributed by atoms with Crippen molar-refractivity contribution in [2.24, 2.45) is 5.73 Å². The van der Waals surface area contributed by atoms with E-state index in [1.807, 2.05) is 0 Å². The van der Waals surface area contributed by atoms with Gasteiger partial charge < -0.3 is 10.8 Å². The molecule has 12 heavy (non-hydrogen) atoms. The molecule has 0 amide bonds. The summed E-state index contributed by atoms with van der Waals surface area (Å²) in [6, 6.07) is 2.31. The van der Waals surface area contributed by atoms with Crippen LogP contribution in [0, 0.1) is 12.7 Å². The van der Waals surface area contributed by atoms with Gasteiger partial charge in [-0.1, -0.05) is 0 Å². The minimum atomic E-state index is -0.451. The van der Waals surface area contributed by atoms with E-state index in [9.17, 15) is 4.39 Å². The van der Waals surface area contributed by atoms with Crippen LogP contribution in [0.2, 0.25) is 0 Å². The summed E-state index contributed by atoms with van der Waals surface area (Å²) in [4.78, 5) is 0. The van der Waals surface area contributed by atoms with Gasteiger partial charge in [0, 0.05) is 17.7 Å². The van der Waals surface area contributed by atoms with Crippen LogP contribution in [0.1, 0.15) is 24.1 Å². The minimum Gasteiger partial charge on any atom is -0.508 e. The summed E-state index contributed by atoms with van der Waals surface area (Å²) >= 11 is 0. The van der Waals surface area contributed by atoms with Crippen molar-refractivity contribution in [1.29, 1.82) is 0 Å². The van der Waals surface area contributed by atoms with Crippen molar-refractivity contribution in [2.75, 3.05) is 0 Å². The molecular formula is C9H12FNO. The molecule has 0 heterocycles. The lowest BCUT2D eigenvalue weighted by Crippen LogP contribution is -2.07. The smallest absolute Gasteiger partial charge is 0.131 e. The fraction of sp³-hybridized carbons (Fsp3) is 0.333. The molecule has 0 spiro atoms. The largest absolute Gasteiger partial charge is 0.508 e. The van der Waals surface area contributed by atoms with E-state index in [1.54, 1.807) is 19.9 Å². The Morgan fingerprint density at radius 3 is 2.58 bits per heavy atom. The maximum Gasteiger partial charge on any atom is 0.131 e. The van der Waals surface area contributed by atoms with Gasteiger partial charge in [-0.05, 0) is 25.5 Å². The summed E-state index contributed by atoms with van der Waals surface area (Å²) in [5, 5.41) is 9.13. The van der Waals surface area contributed by atoms with Crippen LogP contribution in [0.15, 0.2) is 12.1 Å². The zero-order valence-electron chi connectivity index (χ0n) is 7.13. The first-order valence-corrected chi connectivity index (χ1v) is 3.77. The number of aryl methyl sites for hydroxylation is 1. The Kier molecular flexibility index (Phi) is 2.33. The predicted octanol–water partition coefficient (Wildman–Crippen LogP) is 1.86. The maximum atomic E-state index is 13.0. The molecule has 1 rings (SSSR count). The molecule has 0 fully saturated rings. The van der Waals surface area contributed by atoms with Gasteiger partial charge in [0.25, 0.3) is 0 Å². The molecule has 2 nitrogen and oxygen atoms in total. The number of phenolic OH excluding ortho intramolecular Hbond substituents is 1. The standard InChI is InChI=1S/C9H12FNO/c1-5-3-7(6(2)11)8(10)4-9(5)12/h3-4,6,12H,11H2,1-2H3. The number of hydrogen-bond donors (Lipinski definition) is 2. The van der Waals surface area contributed by atoms with Crippen LogP contribution in [0.4, 0.5) is 4.39 Å². The second kappa shape index (κ2) is 3.11. The first kappa shape index (κ1) is 9.00. The third kappa shape index (κ3) is 1.56. The quantitative estimate of drug-likeness (QED) is 0.674. The molecule has 0 saturated carbocycles. The third-order valence-corrected chi connectivity index (χ3v) is 1.81. The Bertz CT molecular complexity index is 297. The second-order valence-corrected chi connectivity index (χ2v) is 2.95. The van der Waals surface area contributed by atoms with E-state index in [4.69, 9.17) is 10.8 Å². The number of rotatable bonds is 1. The minimum absolute atomic E-state index is 0.0306. The van der Waals surface area contributed by atoms with E-state index in [1.165, 1.54) is 0 Å². The Hall–Kier alpha value is -1.09. The SMILES string of the molecule is Cc1cc(C(C)N)c(F)cc1O. The molecule has 0 aliphatic carbocycles. The van der Waals surface area contributed by atoms with E-state index in [0.29, 0.717) is 11.1 Å². The number of nitrogens with two attached hydrogens (primary N) is 1. The first-order valence-electron chi connectivity index (χ1n) is 3.77. The van der Waals surface area contributed by atoms with Gasteiger partial charge in [-0.3, -0.25) is 0 Å². The van der Waals surface area contributed by atoms with Gasteiger partial charge in [0.15, 0.2) is 0 Å². The van der Waals surface area contributed by atoms with Crippen molar-refractivity contribution in [2.45, 2.75) is 19.9 Å². The fourth-order valence-electron chi connectivity index (χ4n) is 1.04. The molecule has 0 aliphatic rings. The second-order valence-electron chi connectivity index (χ2n) is 2.95. The summed E-state index contributed by atoms with van der Waals surface area (Å²) in [5.74, 6) is -0.481. The number of benzene rings is 1. The van der Waals surface area contributed by atoms with E-state index in [-0.39, 0.29) is 11.8 Å². The van der Waals surface area contributed by atoms with Crippen molar-refractivity contribution in [3.05, 3.63) is 29.1 Å². The summed E-state index contributed by atoms with van der Waals surface area (Å²) in [5.41, 5.74) is 6.59. The molecule has 0 aliphatic heterocycles. The Morgan fingerprint density at radius 2 is 2.08 bits per heavy atom. The molecule has 3 N–H and O–H groups in total. The Balaban J connectivity index is 3.23. The topological polar surface area (TPSA) is 46.2 Å². The summed E-state index contributed by atoms with van der Waals surface area (Å²) in [6.07, 6.45) is 0. The molecule has 1 atom stereocenters. The van der Waals surface area contributed by atoms with Crippen LogP contribution in [-0.2, 0) is 0 Å². The Morgan fingerprint density at radius 1 is 1.50 bits per heavy atom. The number of aromatic hydroxyl groups is 1. The van der Waals surface area contributed by atoms with Crippen molar-refractivity contribution in [3.63, 3.8) is 0 Å². The van der Waals surface area contributed by atoms with E-state index < -0.39 is 5.82 Å². The average molecular weight is 169 g/mol. The monoisotopic (exact) mass is 169 g/mol. The molecule has 0 saturated heterocycles. The molecule has 1 aromatic rings. The van der Waals surface area contributed by atoms with Crippen molar-refractivity contribution >= 4 is 0 Å². The third-order valence-electron chi connectivity index (χ3n) is 1.81. The molecule has 66 valence electrons. The lowest BCUT2D eigenvalue weighted by Gasteiger charge is -2.08. The van der Waals surface area contributed by atoms with Gasteiger partial charge in [0.05, 0.1) is 0 Å². The highest BCUT2D eigenvalue weighted by Crippen LogP contribution is 2.23. The number of phenols is 1. The lowest BCUT2D eigenvalue weighted by atomic mass is 10.1. The van der Waals surface area contributed by atoms with Crippen molar-refractivity contribution < 1.29 is 9.50 Å². The van der Waals surface area contributed by atoms with E-state index in [0.717, 1.165) is 6.07 Å². The molecular weight excluding hydrogens is 157 g/mol. The zero-order chi connectivity index (χ0) is 9.30. The summed E-state index contributed by atoms with van der Waals surface area (Å²) < 4.78 is 13.0. The molecule has 0 radical (unpaired) electrons. The van der Waals surface area contributed by atoms with Crippen LogP contribution in [0.5, 0.6) is 5.75 Å². The van der Waals surface area contributed by atoms with Crippen molar-refractivity contribution in [3.8, 4) is 5.75 Å². The summed E-state index contributed by atoms with van der Waals surface area (Å²) in [6.45, 7) is 3.41. The maximum absolute atomic E-state index is 13.0. The van der Waals surface area contributed by atoms with Crippen molar-refractivity contribution in [1.82, 2.24) is 0 Å². The first-order chi connectivity index (χ1) is 5.52. The van der Waals surface area contributed by atoms with Crippen LogP contribution in [0.3, 0.4) is 0 Å². The number of halogens is 1. The highest BCUT2D eigenvalue weighted by atomic mass is 19.1. The average Bonchev–Trinajstić information content (AvgIpc) is 1.96. The normalized spacial score (nSPS) is 13.0. The van der Waals surface area contributed by atoms with Crippen LogP contribution >= 0.6 is 0 Å². The van der Waals surface area contributed by atoms with Crippen LogP contribution in [0.25, 0.3) is 0 Å². The van der Waals surface area contributed by atoms with Crippen LogP contribution < -0.4 is 5.73 Å². The summed E-state index contributed by atoms with van der Waals surface area (Å²) in [7, 11) is 0. The van der Waals surface area contributed by atoms with Gasteiger partial charge in [0.2, 0.25) is 0 Å². The molecule has 0 bridgehead atoms. The molecule has 3 heteroatoms. The highest BCUT2D eigenvalue weighted by Gasteiger charge is 2.09. The lowest BCUT2D eigenvalue weighted by molar-refractivity contribution is 0.462. The van der Waals surface area contributed by atoms with Gasteiger partial charge in [0.1, 0.15) is 11.6 Å². The number of hydrogen-bond acceptors (Lipinski definition) is 2. The van der Waals surface area contributed by atoms with E-state index >= 15 is 0 Å². The van der Waals surface area contributed by atoms with Gasteiger partial charge in [-0.25, -0.2) is 4.39 Å². The molecule has 1 unspecified atom stereocenters. The Labute approximate surface area is 70.8 Å². The fourth-order valence-corrected chi connectivity index (χ4v) is 1.04. The van der Waals surface area contributed by atoms with Gasteiger partial charge in [-0.2, -0.15) is 0 Å². The van der Waals surface area contributed by atoms with Gasteiger partial charge >= 0.3 is 0 Å². The molecule has 1 aromatic carbocycles.